The maximum Gasteiger partial charge on any atom is 0.252 e. The largest absolute Gasteiger partial charge is 0.393 e. The van der Waals surface area contributed by atoms with E-state index in [0.717, 1.165) is 36.8 Å². The third kappa shape index (κ3) is 3.73. The van der Waals surface area contributed by atoms with Gasteiger partial charge in [0.25, 0.3) is 5.91 Å². The first kappa shape index (κ1) is 19.9. The molecule has 30 heavy (non-hydrogen) atoms. The molecular weight excluding hydrogens is 404 g/mol. The molecule has 0 bridgehead atoms. The molecule has 1 saturated heterocycles. The molecular formula is C21H28N4O4S. The summed E-state index contributed by atoms with van der Waals surface area (Å²) < 4.78 is 25.8. The van der Waals surface area contributed by atoms with Crippen LogP contribution in [0.2, 0.25) is 0 Å². The van der Waals surface area contributed by atoms with Crippen molar-refractivity contribution in [3.63, 3.8) is 0 Å². The molecule has 2 N–H and O–H groups in total. The first-order chi connectivity index (χ1) is 14.3. The molecule has 9 heteroatoms. The number of aliphatic hydroxyl groups is 1. The van der Waals surface area contributed by atoms with E-state index in [4.69, 9.17) is 4.98 Å². The first-order valence-electron chi connectivity index (χ1n) is 10.9. The predicted octanol–water partition coefficient (Wildman–Crippen LogP) is 2.01. The Hall–Kier alpha value is -2.00. The Morgan fingerprint density at radius 1 is 1.17 bits per heavy atom. The number of fused-ring (bicyclic) bond motifs is 1. The van der Waals surface area contributed by atoms with Gasteiger partial charge in [0.2, 0.25) is 0 Å². The summed E-state index contributed by atoms with van der Waals surface area (Å²) in [4.78, 5) is 18.1. The van der Waals surface area contributed by atoms with E-state index in [1.165, 1.54) is 0 Å². The van der Waals surface area contributed by atoms with Crippen molar-refractivity contribution in [3.8, 4) is 0 Å². The smallest absolute Gasteiger partial charge is 0.252 e. The number of hydrogen-bond acceptors (Lipinski definition) is 6. The molecule has 3 aliphatic rings. The van der Waals surface area contributed by atoms with Crippen molar-refractivity contribution < 1.29 is 18.3 Å². The van der Waals surface area contributed by atoms with E-state index in [0.29, 0.717) is 42.1 Å². The standard InChI is InChI=1S/C21H28N4O4S/c1-12-19-17(21(27)22-14-4-6-16(26)7-5-14)10-18(13-2-3-13)23-20(19)25(24-12)15-8-9-30(28,29)11-15/h10,13-16,26H,2-9,11H2,1H3,(H,22,27). The Bertz CT molecular complexity index is 1100. The number of aryl methyl sites for hydroxylation is 1. The van der Waals surface area contributed by atoms with Gasteiger partial charge in [-0.1, -0.05) is 0 Å². The van der Waals surface area contributed by atoms with Crippen LogP contribution in [0.1, 0.15) is 78.7 Å². The number of amides is 1. The lowest BCUT2D eigenvalue weighted by Gasteiger charge is -2.26. The topological polar surface area (TPSA) is 114 Å². The minimum absolute atomic E-state index is 0.0591. The molecule has 0 radical (unpaired) electrons. The van der Waals surface area contributed by atoms with Gasteiger partial charge in [0, 0.05) is 17.7 Å². The van der Waals surface area contributed by atoms with E-state index >= 15 is 0 Å². The van der Waals surface area contributed by atoms with E-state index in [1.807, 2.05) is 13.0 Å². The maximum absolute atomic E-state index is 13.3. The zero-order valence-corrected chi connectivity index (χ0v) is 18.0. The number of nitrogens with zero attached hydrogens (tertiary/aromatic N) is 3. The molecule has 2 saturated carbocycles. The Morgan fingerprint density at radius 2 is 1.90 bits per heavy atom. The highest BCUT2D eigenvalue weighted by molar-refractivity contribution is 7.91. The fourth-order valence-corrected chi connectivity index (χ4v) is 6.50. The van der Waals surface area contributed by atoms with Gasteiger partial charge >= 0.3 is 0 Å². The molecule has 5 rings (SSSR count). The molecule has 2 aromatic heterocycles. The Morgan fingerprint density at radius 3 is 2.53 bits per heavy atom. The second kappa shape index (κ2) is 7.30. The quantitative estimate of drug-likeness (QED) is 0.764. The molecule has 8 nitrogen and oxygen atoms in total. The summed E-state index contributed by atoms with van der Waals surface area (Å²) >= 11 is 0. The molecule has 1 amide bonds. The highest BCUT2D eigenvalue weighted by Crippen LogP contribution is 2.41. The van der Waals surface area contributed by atoms with E-state index in [9.17, 15) is 18.3 Å². The van der Waals surface area contributed by atoms with Gasteiger partial charge in [0.05, 0.1) is 40.3 Å². The zero-order valence-electron chi connectivity index (χ0n) is 17.2. The van der Waals surface area contributed by atoms with Crippen LogP contribution in [0.15, 0.2) is 6.07 Å². The highest BCUT2D eigenvalue weighted by atomic mass is 32.2. The highest BCUT2D eigenvalue weighted by Gasteiger charge is 2.34. The molecule has 1 atom stereocenters. The van der Waals surface area contributed by atoms with Crippen LogP contribution in [0.5, 0.6) is 0 Å². The van der Waals surface area contributed by atoms with Gasteiger partial charge < -0.3 is 10.4 Å². The van der Waals surface area contributed by atoms with Crippen LogP contribution in [-0.4, -0.2) is 57.8 Å². The maximum atomic E-state index is 13.3. The van der Waals surface area contributed by atoms with Crippen LogP contribution < -0.4 is 5.32 Å². The van der Waals surface area contributed by atoms with Gasteiger partial charge in [0.1, 0.15) is 0 Å². The minimum Gasteiger partial charge on any atom is -0.393 e. The number of rotatable bonds is 4. The third-order valence-corrected chi connectivity index (χ3v) is 8.43. The lowest BCUT2D eigenvalue weighted by Crippen LogP contribution is -2.38. The molecule has 0 spiro atoms. The number of nitrogens with one attached hydrogen (secondary N) is 1. The van der Waals surface area contributed by atoms with Crippen LogP contribution in [0.25, 0.3) is 11.0 Å². The fourth-order valence-electron chi connectivity index (χ4n) is 4.81. The average molecular weight is 433 g/mol. The van der Waals surface area contributed by atoms with Crippen molar-refractivity contribution in [2.75, 3.05) is 11.5 Å². The predicted molar refractivity (Wildman–Crippen MR) is 112 cm³/mol. The summed E-state index contributed by atoms with van der Waals surface area (Å²) in [5.41, 5.74) is 2.81. The van der Waals surface area contributed by atoms with Gasteiger partial charge in [-0.25, -0.2) is 18.1 Å². The van der Waals surface area contributed by atoms with E-state index in [2.05, 4.69) is 10.4 Å². The number of carbonyl (C=O) groups is 1. The van der Waals surface area contributed by atoms with Crippen LogP contribution in [0, 0.1) is 6.92 Å². The van der Waals surface area contributed by atoms with Gasteiger partial charge in [-0.3, -0.25) is 4.79 Å². The molecule has 2 aromatic rings. The van der Waals surface area contributed by atoms with Gasteiger partial charge in [-0.05, 0) is 57.9 Å². The normalized spacial score (nSPS) is 28.7. The van der Waals surface area contributed by atoms with Crippen molar-refractivity contribution in [1.29, 1.82) is 0 Å². The van der Waals surface area contributed by atoms with E-state index < -0.39 is 9.84 Å². The van der Waals surface area contributed by atoms with Crippen molar-refractivity contribution in [1.82, 2.24) is 20.1 Å². The average Bonchev–Trinajstić information content (AvgIpc) is 3.42. The van der Waals surface area contributed by atoms with Crippen molar-refractivity contribution in [2.45, 2.75) is 76.0 Å². The molecule has 2 aliphatic carbocycles. The summed E-state index contributed by atoms with van der Waals surface area (Å²) in [6, 6.07) is 1.73. The molecule has 0 aromatic carbocycles. The number of carbonyl (C=O) groups excluding carboxylic acids is 1. The monoisotopic (exact) mass is 432 g/mol. The molecule has 1 unspecified atom stereocenters. The Balaban J connectivity index is 1.53. The lowest BCUT2D eigenvalue weighted by atomic mass is 9.93. The van der Waals surface area contributed by atoms with Gasteiger partial charge in [-0.15, -0.1) is 0 Å². The number of sulfone groups is 1. The summed E-state index contributed by atoms with van der Waals surface area (Å²) in [6.45, 7) is 1.86. The number of aromatic nitrogens is 3. The van der Waals surface area contributed by atoms with Crippen LogP contribution in [0.4, 0.5) is 0 Å². The zero-order chi connectivity index (χ0) is 21.0. The Kier molecular flexibility index (Phi) is 4.85. The van der Waals surface area contributed by atoms with E-state index in [-0.39, 0.29) is 35.6 Å². The SMILES string of the molecule is Cc1nn(C2CCS(=O)(=O)C2)c2nc(C3CC3)cc(C(=O)NC3CCC(O)CC3)c12. The minimum atomic E-state index is -3.06. The lowest BCUT2D eigenvalue weighted by molar-refractivity contribution is 0.0869. The molecule has 3 heterocycles. The van der Waals surface area contributed by atoms with E-state index in [1.54, 1.807) is 4.68 Å². The van der Waals surface area contributed by atoms with Crippen LogP contribution in [-0.2, 0) is 9.84 Å². The van der Waals surface area contributed by atoms with Crippen LogP contribution in [0.3, 0.4) is 0 Å². The van der Waals surface area contributed by atoms with Crippen molar-refractivity contribution in [2.24, 2.45) is 0 Å². The van der Waals surface area contributed by atoms with Crippen molar-refractivity contribution in [3.05, 3.63) is 23.0 Å². The molecule has 1 aliphatic heterocycles. The van der Waals surface area contributed by atoms with Gasteiger partial charge in [-0.2, -0.15) is 5.10 Å². The van der Waals surface area contributed by atoms with Crippen molar-refractivity contribution >= 4 is 26.8 Å². The first-order valence-corrected chi connectivity index (χ1v) is 12.7. The number of hydrogen-bond donors (Lipinski definition) is 2. The fraction of sp³-hybridized carbons (Fsp3) is 0.667. The number of pyridine rings is 1. The van der Waals surface area contributed by atoms with Gasteiger partial charge in [0.15, 0.2) is 15.5 Å². The van der Waals surface area contributed by atoms with Crippen LogP contribution >= 0.6 is 0 Å². The second-order valence-corrected chi connectivity index (χ2v) is 11.4. The molecule has 3 fully saturated rings. The summed E-state index contributed by atoms with van der Waals surface area (Å²) in [7, 11) is -3.06. The second-order valence-electron chi connectivity index (χ2n) is 9.13. The summed E-state index contributed by atoms with van der Waals surface area (Å²) in [5.74, 6) is 0.472. The third-order valence-electron chi connectivity index (χ3n) is 6.68. The summed E-state index contributed by atoms with van der Waals surface area (Å²) in [6.07, 6.45) is 5.34. The number of aliphatic hydroxyl groups excluding tert-OH is 1. The molecule has 162 valence electrons. The summed E-state index contributed by atoms with van der Waals surface area (Å²) in [5, 5.41) is 18.2. The Labute approximate surface area is 176 Å².